The van der Waals surface area contributed by atoms with Crippen LogP contribution in [0.4, 0.5) is 0 Å². The Bertz CT molecular complexity index is 1020. The quantitative estimate of drug-likeness (QED) is 0.194. The van der Waals surface area contributed by atoms with Crippen molar-refractivity contribution in [2.75, 3.05) is 6.61 Å². The number of esters is 1. The zero-order chi connectivity index (χ0) is 26.5. The van der Waals surface area contributed by atoms with E-state index in [-0.39, 0.29) is 24.5 Å². The number of ether oxygens (including phenoxy) is 3. The first-order chi connectivity index (χ1) is 17.0. The molecule has 0 radical (unpaired) electrons. The second kappa shape index (κ2) is 11.6. The second-order valence-corrected chi connectivity index (χ2v) is 8.48. The van der Waals surface area contributed by atoms with E-state index < -0.39 is 61.3 Å². The number of aliphatic hydroxyl groups excluding tert-OH is 4. The van der Waals surface area contributed by atoms with E-state index in [0.29, 0.717) is 11.1 Å². The Kier molecular flexibility index (Phi) is 8.84. The summed E-state index contributed by atoms with van der Waals surface area (Å²) in [7, 11) is 0. The van der Waals surface area contributed by atoms with Gasteiger partial charge >= 0.3 is 11.9 Å². The van der Waals surface area contributed by atoms with E-state index in [2.05, 4.69) is 0 Å². The molecule has 7 N–H and O–H groups in total. The van der Waals surface area contributed by atoms with Gasteiger partial charge in [-0.1, -0.05) is 24.3 Å². The molecule has 2 unspecified atom stereocenters. The lowest BCUT2D eigenvalue weighted by Crippen LogP contribution is -2.60. The van der Waals surface area contributed by atoms with Gasteiger partial charge in [-0.3, -0.25) is 4.79 Å². The van der Waals surface area contributed by atoms with E-state index in [1.807, 2.05) is 0 Å². The topological polar surface area (TPSA) is 203 Å². The molecule has 1 aliphatic rings. The van der Waals surface area contributed by atoms with Crippen LogP contribution in [0.5, 0.6) is 11.5 Å². The number of carbonyl (C=O) groups excluding carboxylic acids is 1. The van der Waals surface area contributed by atoms with E-state index in [9.17, 15) is 45.3 Å². The Labute approximate surface area is 205 Å². The molecule has 6 atom stereocenters. The summed E-state index contributed by atoms with van der Waals surface area (Å²) in [6.07, 6.45) is -8.32. The Balaban J connectivity index is 1.54. The average Bonchev–Trinajstić information content (AvgIpc) is 2.85. The first-order valence-corrected chi connectivity index (χ1v) is 11.0. The van der Waals surface area contributed by atoms with Crippen molar-refractivity contribution in [3.05, 3.63) is 59.7 Å². The van der Waals surface area contributed by atoms with Gasteiger partial charge in [0.2, 0.25) is 6.29 Å². The number of aliphatic hydroxyl groups is 5. The summed E-state index contributed by atoms with van der Waals surface area (Å²) in [5.41, 5.74) is -1.50. The van der Waals surface area contributed by atoms with Gasteiger partial charge < -0.3 is 50.0 Å². The molecule has 0 spiro atoms. The lowest BCUT2D eigenvalue weighted by Gasteiger charge is -2.39. The van der Waals surface area contributed by atoms with Gasteiger partial charge in [0.15, 0.2) is 5.60 Å². The van der Waals surface area contributed by atoms with E-state index in [1.165, 1.54) is 48.5 Å². The maximum atomic E-state index is 12.2. The van der Waals surface area contributed by atoms with Gasteiger partial charge in [-0.15, -0.1) is 0 Å². The fourth-order valence-electron chi connectivity index (χ4n) is 3.58. The number of aliphatic carboxylic acids is 1. The summed E-state index contributed by atoms with van der Waals surface area (Å²) < 4.78 is 15.8. The van der Waals surface area contributed by atoms with Crippen LogP contribution >= 0.6 is 0 Å². The van der Waals surface area contributed by atoms with E-state index in [0.717, 1.165) is 0 Å². The van der Waals surface area contributed by atoms with Crippen molar-refractivity contribution in [2.24, 2.45) is 0 Å². The van der Waals surface area contributed by atoms with Crippen molar-refractivity contribution in [2.45, 2.75) is 55.8 Å². The van der Waals surface area contributed by atoms with Gasteiger partial charge in [0, 0.05) is 6.42 Å². The molecule has 12 heteroatoms. The fourth-order valence-corrected chi connectivity index (χ4v) is 3.58. The minimum absolute atomic E-state index is 0.0263. The van der Waals surface area contributed by atoms with Crippen molar-refractivity contribution in [3.63, 3.8) is 0 Å². The molecule has 0 aromatic heterocycles. The number of hydrogen-bond donors (Lipinski definition) is 7. The van der Waals surface area contributed by atoms with Crippen LogP contribution in [-0.4, -0.2) is 90.6 Å². The number of carboxylic acids is 1. The van der Waals surface area contributed by atoms with Crippen LogP contribution in [0.2, 0.25) is 0 Å². The minimum atomic E-state index is -2.41. The summed E-state index contributed by atoms with van der Waals surface area (Å²) in [5.74, 6) is -2.35. The highest BCUT2D eigenvalue weighted by molar-refractivity contribution is 5.84. The van der Waals surface area contributed by atoms with E-state index in [1.54, 1.807) is 0 Å². The van der Waals surface area contributed by atoms with Crippen LogP contribution in [0.15, 0.2) is 48.5 Å². The number of phenolic OH excluding ortho intramolecular Hbond substituents is 1. The fraction of sp³-hybridized carbons (Fsp3) is 0.417. The molecule has 3 rings (SSSR count). The highest BCUT2D eigenvalue weighted by Gasteiger charge is 2.44. The van der Waals surface area contributed by atoms with Crippen molar-refractivity contribution in [1.82, 2.24) is 0 Å². The SMILES string of the molecule is O=C(CC(O)(Cc1ccc(O)cc1)C(=O)O)OCc1ccc(O[C@@H]2O[C@H](CO)C(O)[C@H](O)[C@H]2O)cc1. The number of hydrogen-bond acceptors (Lipinski definition) is 11. The third-order valence-corrected chi connectivity index (χ3v) is 5.69. The van der Waals surface area contributed by atoms with Crippen LogP contribution in [0.25, 0.3) is 0 Å². The Hall–Kier alpha value is -3.26. The molecular formula is C24H28O12. The number of rotatable bonds is 10. The number of phenols is 1. The van der Waals surface area contributed by atoms with Crippen LogP contribution < -0.4 is 4.74 Å². The third kappa shape index (κ3) is 6.69. The predicted octanol–water partition coefficient (Wildman–Crippen LogP) is -0.937. The van der Waals surface area contributed by atoms with Crippen molar-refractivity contribution in [3.8, 4) is 11.5 Å². The van der Waals surface area contributed by atoms with Gasteiger partial charge in [0.05, 0.1) is 13.0 Å². The summed E-state index contributed by atoms with van der Waals surface area (Å²) >= 11 is 0. The average molecular weight is 508 g/mol. The van der Waals surface area contributed by atoms with Gasteiger partial charge in [-0.05, 0) is 35.4 Å². The molecule has 2 aromatic carbocycles. The molecule has 0 bridgehead atoms. The first kappa shape index (κ1) is 27.3. The molecule has 1 heterocycles. The molecule has 2 aromatic rings. The largest absolute Gasteiger partial charge is 0.508 e. The van der Waals surface area contributed by atoms with Crippen LogP contribution in [0, 0.1) is 0 Å². The third-order valence-electron chi connectivity index (χ3n) is 5.69. The van der Waals surface area contributed by atoms with Crippen LogP contribution in [-0.2, 0) is 32.1 Å². The molecule has 0 saturated carbocycles. The zero-order valence-corrected chi connectivity index (χ0v) is 19.0. The molecule has 36 heavy (non-hydrogen) atoms. The number of benzene rings is 2. The highest BCUT2D eigenvalue weighted by atomic mass is 16.7. The monoisotopic (exact) mass is 508 g/mol. The Morgan fingerprint density at radius 1 is 0.917 bits per heavy atom. The smallest absolute Gasteiger partial charge is 0.336 e. The predicted molar refractivity (Wildman–Crippen MR) is 120 cm³/mol. The summed E-state index contributed by atoms with van der Waals surface area (Å²) in [6.45, 7) is -0.824. The summed E-state index contributed by atoms with van der Waals surface area (Å²) in [6, 6.07) is 11.5. The molecule has 1 fully saturated rings. The summed E-state index contributed by atoms with van der Waals surface area (Å²) in [4.78, 5) is 23.9. The molecule has 12 nitrogen and oxygen atoms in total. The van der Waals surface area contributed by atoms with Crippen LogP contribution in [0.3, 0.4) is 0 Å². The van der Waals surface area contributed by atoms with Crippen molar-refractivity contribution >= 4 is 11.9 Å². The van der Waals surface area contributed by atoms with Gasteiger partial charge in [0.25, 0.3) is 0 Å². The Morgan fingerprint density at radius 3 is 2.11 bits per heavy atom. The number of aromatic hydroxyl groups is 1. The standard InChI is InChI=1S/C24H28O12/c25-11-17-19(28)20(29)21(30)22(36-17)35-16-7-3-14(4-8-16)12-34-18(27)10-24(33,23(31)32)9-13-1-5-15(26)6-2-13/h1-8,17,19-22,25-26,28-30,33H,9-12H2,(H,31,32)/t17-,19?,20+,21-,22-,24?/m1/s1. The number of carboxylic acid groups (broad SMARTS) is 1. The molecule has 1 aliphatic heterocycles. The summed E-state index contributed by atoms with van der Waals surface area (Å²) in [5, 5.41) is 68.2. The molecule has 0 amide bonds. The van der Waals surface area contributed by atoms with Gasteiger partial charge in [-0.2, -0.15) is 0 Å². The van der Waals surface area contributed by atoms with Gasteiger partial charge in [-0.25, -0.2) is 4.79 Å². The highest BCUT2D eigenvalue weighted by Crippen LogP contribution is 2.25. The first-order valence-electron chi connectivity index (χ1n) is 11.0. The zero-order valence-electron chi connectivity index (χ0n) is 19.0. The van der Waals surface area contributed by atoms with Crippen molar-refractivity contribution < 1.29 is 59.5 Å². The molecular weight excluding hydrogens is 480 g/mol. The van der Waals surface area contributed by atoms with Crippen molar-refractivity contribution in [1.29, 1.82) is 0 Å². The normalized spacial score (nSPS) is 25.5. The number of carbonyl (C=O) groups is 2. The lowest BCUT2D eigenvalue weighted by atomic mass is 9.91. The Morgan fingerprint density at radius 2 is 1.53 bits per heavy atom. The second-order valence-electron chi connectivity index (χ2n) is 8.48. The maximum Gasteiger partial charge on any atom is 0.336 e. The molecule has 196 valence electrons. The van der Waals surface area contributed by atoms with Crippen LogP contribution in [0.1, 0.15) is 17.5 Å². The van der Waals surface area contributed by atoms with Gasteiger partial charge in [0.1, 0.15) is 42.5 Å². The molecule has 0 aliphatic carbocycles. The van der Waals surface area contributed by atoms with E-state index >= 15 is 0 Å². The molecule has 1 saturated heterocycles. The maximum absolute atomic E-state index is 12.2. The van der Waals surface area contributed by atoms with E-state index in [4.69, 9.17) is 14.2 Å². The lowest BCUT2D eigenvalue weighted by molar-refractivity contribution is -0.277. The minimum Gasteiger partial charge on any atom is -0.508 e.